The second kappa shape index (κ2) is 8.79. The summed E-state index contributed by atoms with van der Waals surface area (Å²) in [7, 11) is 0. The summed E-state index contributed by atoms with van der Waals surface area (Å²) >= 11 is 0. The lowest BCUT2D eigenvalue weighted by atomic mass is 9.94. The van der Waals surface area contributed by atoms with Gasteiger partial charge < -0.3 is 19.5 Å². The lowest BCUT2D eigenvalue weighted by molar-refractivity contribution is -0.139. The van der Waals surface area contributed by atoms with Gasteiger partial charge in [-0.25, -0.2) is 4.39 Å². The maximum Gasteiger partial charge on any atom is 0.295 e. The minimum Gasteiger partial charge on any atom is -0.507 e. The van der Waals surface area contributed by atoms with Crippen molar-refractivity contribution in [2.24, 2.45) is 0 Å². The summed E-state index contributed by atoms with van der Waals surface area (Å²) in [5.74, 6) is -1.48. The highest BCUT2D eigenvalue weighted by Crippen LogP contribution is 2.41. The van der Waals surface area contributed by atoms with Crippen LogP contribution in [0.25, 0.3) is 5.76 Å². The summed E-state index contributed by atoms with van der Waals surface area (Å²) in [5, 5.41) is 11.1. The number of Topliss-reactive ketones (excluding diaryl/α,β-unsaturated/α-hetero) is 1. The van der Waals surface area contributed by atoms with Crippen LogP contribution in [0.15, 0.2) is 48.0 Å². The van der Waals surface area contributed by atoms with E-state index in [4.69, 9.17) is 9.47 Å². The first kappa shape index (κ1) is 20.9. The average molecular weight is 425 g/mol. The molecule has 7 heteroatoms. The van der Waals surface area contributed by atoms with Crippen LogP contribution in [-0.2, 0) is 9.59 Å². The average Bonchev–Trinajstić information content (AvgIpc) is 3.03. The van der Waals surface area contributed by atoms with Crippen molar-refractivity contribution in [1.82, 2.24) is 4.90 Å². The highest BCUT2D eigenvalue weighted by Gasteiger charge is 2.46. The van der Waals surface area contributed by atoms with E-state index >= 15 is 0 Å². The van der Waals surface area contributed by atoms with Crippen molar-refractivity contribution in [3.8, 4) is 11.5 Å². The number of unbranched alkanes of at least 4 members (excludes halogenated alkanes) is 2. The van der Waals surface area contributed by atoms with Gasteiger partial charge in [-0.1, -0.05) is 38.0 Å². The molecule has 0 bridgehead atoms. The molecule has 31 heavy (non-hydrogen) atoms. The van der Waals surface area contributed by atoms with Crippen molar-refractivity contribution in [3.63, 3.8) is 0 Å². The number of aliphatic hydroxyl groups is 1. The van der Waals surface area contributed by atoms with E-state index < -0.39 is 23.5 Å². The molecule has 4 rings (SSSR count). The molecule has 1 N–H and O–H groups in total. The predicted molar refractivity (Wildman–Crippen MR) is 112 cm³/mol. The van der Waals surface area contributed by atoms with E-state index in [1.54, 1.807) is 30.3 Å². The fourth-order valence-electron chi connectivity index (χ4n) is 4.01. The first-order chi connectivity index (χ1) is 15.0. The second-order valence-corrected chi connectivity index (χ2v) is 7.58. The van der Waals surface area contributed by atoms with E-state index in [0.29, 0.717) is 43.2 Å². The van der Waals surface area contributed by atoms with Gasteiger partial charge in [-0.05, 0) is 30.7 Å². The molecular weight excluding hydrogens is 401 g/mol. The Morgan fingerprint density at radius 1 is 1.10 bits per heavy atom. The Bertz CT molecular complexity index is 1050. The number of amides is 1. The molecule has 0 aliphatic carbocycles. The van der Waals surface area contributed by atoms with Crippen LogP contribution in [0.5, 0.6) is 11.5 Å². The Kier molecular flexibility index (Phi) is 5.93. The molecule has 0 aromatic heterocycles. The van der Waals surface area contributed by atoms with E-state index in [1.165, 1.54) is 17.0 Å². The molecule has 6 nitrogen and oxygen atoms in total. The first-order valence-electron chi connectivity index (χ1n) is 10.5. The Morgan fingerprint density at radius 3 is 2.58 bits per heavy atom. The fraction of sp³-hybridized carbons (Fsp3) is 0.333. The van der Waals surface area contributed by atoms with Gasteiger partial charge in [0.1, 0.15) is 24.8 Å². The Hall–Kier alpha value is -3.35. The zero-order chi connectivity index (χ0) is 22.0. The predicted octanol–water partition coefficient (Wildman–Crippen LogP) is 4.21. The number of ether oxygens (including phenoxy) is 2. The molecule has 0 saturated carbocycles. The summed E-state index contributed by atoms with van der Waals surface area (Å²) in [6, 6.07) is 9.81. The summed E-state index contributed by atoms with van der Waals surface area (Å²) < 4.78 is 25.8. The number of hydrogen-bond donors (Lipinski definition) is 1. The minimum atomic E-state index is -0.994. The third-order valence-electron chi connectivity index (χ3n) is 5.56. The number of likely N-dealkylation sites (tertiary alicyclic amines) is 1. The van der Waals surface area contributed by atoms with Crippen molar-refractivity contribution in [3.05, 3.63) is 65.0 Å². The number of halogens is 1. The van der Waals surface area contributed by atoms with E-state index in [2.05, 4.69) is 0 Å². The van der Waals surface area contributed by atoms with Crippen LogP contribution in [0.4, 0.5) is 4.39 Å². The Labute approximate surface area is 179 Å². The summed E-state index contributed by atoms with van der Waals surface area (Å²) in [6.45, 7) is 3.13. The van der Waals surface area contributed by atoms with Crippen molar-refractivity contribution in [2.45, 2.75) is 32.2 Å². The van der Waals surface area contributed by atoms with Crippen LogP contribution in [-0.4, -0.2) is 41.5 Å². The van der Waals surface area contributed by atoms with Gasteiger partial charge >= 0.3 is 0 Å². The van der Waals surface area contributed by atoms with Crippen LogP contribution in [0.1, 0.15) is 43.4 Å². The van der Waals surface area contributed by atoms with E-state index in [-0.39, 0.29) is 16.9 Å². The number of hydrogen-bond acceptors (Lipinski definition) is 5. The molecule has 1 saturated heterocycles. The van der Waals surface area contributed by atoms with Gasteiger partial charge in [0.2, 0.25) is 0 Å². The molecule has 1 unspecified atom stereocenters. The van der Waals surface area contributed by atoms with Crippen LogP contribution >= 0.6 is 0 Å². The molecule has 1 atom stereocenters. The summed E-state index contributed by atoms with van der Waals surface area (Å²) in [4.78, 5) is 27.2. The molecule has 2 aromatic carbocycles. The summed E-state index contributed by atoms with van der Waals surface area (Å²) in [6.07, 6.45) is 2.49. The van der Waals surface area contributed by atoms with Crippen molar-refractivity contribution in [2.75, 3.05) is 19.8 Å². The highest BCUT2D eigenvalue weighted by atomic mass is 19.1. The molecule has 2 aliphatic heterocycles. The molecule has 2 aromatic rings. The molecule has 2 aliphatic rings. The largest absolute Gasteiger partial charge is 0.507 e. The van der Waals surface area contributed by atoms with Gasteiger partial charge in [0.15, 0.2) is 11.5 Å². The van der Waals surface area contributed by atoms with Gasteiger partial charge in [-0.2, -0.15) is 0 Å². The van der Waals surface area contributed by atoms with Crippen molar-refractivity contribution >= 4 is 17.4 Å². The maximum atomic E-state index is 14.7. The van der Waals surface area contributed by atoms with Crippen LogP contribution in [0.3, 0.4) is 0 Å². The van der Waals surface area contributed by atoms with Crippen LogP contribution < -0.4 is 9.47 Å². The van der Waals surface area contributed by atoms with E-state index in [9.17, 15) is 19.1 Å². The highest BCUT2D eigenvalue weighted by molar-refractivity contribution is 6.46. The zero-order valence-corrected chi connectivity index (χ0v) is 17.3. The third kappa shape index (κ3) is 3.87. The van der Waals surface area contributed by atoms with Gasteiger partial charge in [0.05, 0.1) is 11.6 Å². The van der Waals surface area contributed by atoms with E-state index in [1.807, 2.05) is 6.92 Å². The van der Waals surface area contributed by atoms with Gasteiger partial charge in [-0.3, -0.25) is 9.59 Å². The molecule has 0 spiro atoms. The molecule has 0 radical (unpaired) electrons. The lowest BCUT2D eigenvalue weighted by Crippen LogP contribution is -2.31. The number of nitrogens with zero attached hydrogens (tertiary/aromatic N) is 1. The van der Waals surface area contributed by atoms with Crippen molar-refractivity contribution in [1.29, 1.82) is 0 Å². The molecule has 1 amide bonds. The first-order valence-corrected chi connectivity index (χ1v) is 10.5. The van der Waals surface area contributed by atoms with Crippen molar-refractivity contribution < 1.29 is 28.6 Å². The maximum absolute atomic E-state index is 14.7. The number of benzene rings is 2. The minimum absolute atomic E-state index is 0.122. The molecule has 162 valence electrons. The monoisotopic (exact) mass is 425 g/mol. The second-order valence-electron chi connectivity index (χ2n) is 7.58. The van der Waals surface area contributed by atoms with Gasteiger partial charge in [-0.15, -0.1) is 0 Å². The van der Waals surface area contributed by atoms with Crippen LogP contribution in [0, 0.1) is 5.82 Å². The number of rotatable bonds is 6. The van der Waals surface area contributed by atoms with E-state index in [0.717, 1.165) is 12.8 Å². The summed E-state index contributed by atoms with van der Waals surface area (Å²) in [5.41, 5.74) is 0.359. The van der Waals surface area contributed by atoms with Crippen LogP contribution in [0.2, 0.25) is 0 Å². The number of fused-ring (bicyclic) bond motifs is 1. The topological polar surface area (TPSA) is 76.1 Å². The third-order valence-corrected chi connectivity index (χ3v) is 5.56. The SMILES string of the molecule is CCCCCN1C(=O)C(=O)/C(=C(/O)c2ccc3c(c2)OCCO3)C1c1ccccc1F. The number of carbonyl (C=O) groups is 2. The molecule has 1 fully saturated rings. The molecule has 2 heterocycles. The zero-order valence-electron chi connectivity index (χ0n) is 17.3. The standard InChI is InChI=1S/C24H24FNO5/c1-2-3-6-11-26-21(16-7-4-5-8-17(16)25)20(23(28)24(26)29)22(27)15-9-10-18-19(14-15)31-13-12-30-18/h4-5,7-10,14,21,27H,2-3,6,11-13H2,1H3/b22-20+. The lowest BCUT2D eigenvalue weighted by Gasteiger charge is -2.25. The molecular formula is C24H24FNO5. The fourth-order valence-corrected chi connectivity index (χ4v) is 4.01. The Morgan fingerprint density at radius 2 is 1.84 bits per heavy atom. The Balaban J connectivity index is 1.82. The van der Waals surface area contributed by atoms with Gasteiger partial charge in [0.25, 0.3) is 11.7 Å². The smallest absolute Gasteiger partial charge is 0.295 e. The number of carbonyl (C=O) groups excluding carboxylic acids is 2. The number of aliphatic hydroxyl groups excluding tert-OH is 1. The normalized spacial score (nSPS) is 19.7. The number of ketones is 1. The quantitative estimate of drug-likeness (QED) is 0.325. The van der Waals surface area contributed by atoms with Gasteiger partial charge in [0, 0.05) is 17.7 Å².